The summed E-state index contributed by atoms with van der Waals surface area (Å²) >= 11 is 0. The third-order valence-corrected chi connectivity index (χ3v) is 3.70. The molecule has 136 valence electrons. The van der Waals surface area contributed by atoms with E-state index in [1.165, 1.54) is 0 Å². The molecule has 1 unspecified atom stereocenters. The third kappa shape index (κ3) is 5.32. The van der Waals surface area contributed by atoms with Crippen LogP contribution in [0.3, 0.4) is 0 Å². The van der Waals surface area contributed by atoms with E-state index in [4.69, 9.17) is 15.3 Å². The Balaban J connectivity index is 2.34. The van der Waals surface area contributed by atoms with Crippen LogP contribution in [0.5, 0.6) is 0 Å². The molecule has 0 fully saturated rings. The molecule has 7 nitrogen and oxygen atoms in total. The molecule has 0 spiro atoms. The topological polar surface area (TPSA) is 110 Å². The Morgan fingerprint density at radius 1 is 1.15 bits per heavy atom. The fraction of sp³-hybridized carbons (Fsp3) is 0.200. The van der Waals surface area contributed by atoms with Crippen LogP contribution in [-0.4, -0.2) is 18.3 Å². The molecule has 2 rings (SSSR count). The highest BCUT2D eigenvalue weighted by atomic mass is 16.5. The van der Waals surface area contributed by atoms with Gasteiger partial charge in [0, 0.05) is 6.04 Å². The molecule has 2 aromatic carbocycles. The summed E-state index contributed by atoms with van der Waals surface area (Å²) in [6, 6.07) is 18.1. The number of rotatable bonds is 7. The first-order chi connectivity index (χ1) is 13.1. The predicted molar refractivity (Wildman–Crippen MR) is 103 cm³/mol. The van der Waals surface area contributed by atoms with Crippen molar-refractivity contribution in [2.75, 3.05) is 17.3 Å². The first-order valence-electron chi connectivity index (χ1n) is 8.35. The van der Waals surface area contributed by atoms with E-state index in [9.17, 15) is 4.79 Å². The van der Waals surface area contributed by atoms with E-state index >= 15 is 0 Å². The zero-order valence-electron chi connectivity index (χ0n) is 15.1. The van der Waals surface area contributed by atoms with Crippen molar-refractivity contribution in [2.45, 2.75) is 19.9 Å². The number of esters is 1. The van der Waals surface area contributed by atoms with Gasteiger partial charge in [0.15, 0.2) is 0 Å². The molecule has 0 aliphatic heterocycles. The van der Waals surface area contributed by atoms with Crippen LogP contribution in [-0.2, 0) is 4.74 Å². The van der Waals surface area contributed by atoms with Crippen molar-refractivity contribution in [3.63, 3.8) is 0 Å². The SMILES string of the molecule is CCOC(=O)c1ccc(NC(C)c2ccccc2)c(NN=C(C#N)C#N)c1. The Labute approximate surface area is 157 Å². The number of nitriles is 2. The normalized spacial score (nSPS) is 10.7. The van der Waals surface area contributed by atoms with Crippen LogP contribution in [0.25, 0.3) is 0 Å². The van der Waals surface area contributed by atoms with Crippen molar-refractivity contribution in [2.24, 2.45) is 5.10 Å². The van der Waals surface area contributed by atoms with E-state index in [1.54, 1.807) is 37.3 Å². The molecular weight excluding hydrogens is 342 g/mol. The number of hydrazone groups is 1. The predicted octanol–water partition coefficient (Wildman–Crippen LogP) is 3.85. The van der Waals surface area contributed by atoms with E-state index < -0.39 is 5.97 Å². The maximum atomic E-state index is 12.0. The fourth-order valence-electron chi connectivity index (χ4n) is 2.35. The molecule has 27 heavy (non-hydrogen) atoms. The van der Waals surface area contributed by atoms with Crippen LogP contribution in [0.4, 0.5) is 11.4 Å². The molecular formula is C20H19N5O2. The summed E-state index contributed by atoms with van der Waals surface area (Å²) in [5, 5.41) is 24.8. The van der Waals surface area contributed by atoms with Gasteiger partial charge in [0.05, 0.1) is 23.5 Å². The van der Waals surface area contributed by atoms with Gasteiger partial charge in [-0.3, -0.25) is 5.43 Å². The standard InChI is InChI=1S/C20H19N5O2/c1-3-27-20(26)16-9-10-18(19(11-16)25-24-17(12-21)13-22)23-14(2)15-7-5-4-6-8-15/h4-11,14,23,25H,3H2,1-2H3. The van der Waals surface area contributed by atoms with Crippen LogP contribution in [0.1, 0.15) is 35.8 Å². The van der Waals surface area contributed by atoms with Crippen LogP contribution < -0.4 is 10.7 Å². The van der Waals surface area contributed by atoms with Crippen molar-refractivity contribution < 1.29 is 9.53 Å². The Morgan fingerprint density at radius 2 is 1.85 bits per heavy atom. The zero-order valence-corrected chi connectivity index (χ0v) is 15.1. The van der Waals surface area contributed by atoms with E-state index in [1.807, 2.05) is 37.3 Å². The van der Waals surface area contributed by atoms with Gasteiger partial charge in [-0.2, -0.15) is 15.6 Å². The van der Waals surface area contributed by atoms with E-state index in [0.717, 1.165) is 5.56 Å². The number of anilines is 2. The lowest BCUT2D eigenvalue weighted by Gasteiger charge is -2.19. The highest BCUT2D eigenvalue weighted by Crippen LogP contribution is 2.28. The van der Waals surface area contributed by atoms with Gasteiger partial charge < -0.3 is 10.1 Å². The molecule has 0 bridgehead atoms. The van der Waals surface area contributed by atoms with Crippen LogP contribution in [0.2, 0.25) is 0 Å². The molecule has 7 heteroatoms. The number of carbonyl (C=O) groups excluding carboxylic acids is 1. The zero-order chi connectivity index (χ0) is 19.6. The largest absolute Gasteiger partial charge is 0.462 e. The smallest absolute Gasteiger partial charge is 0.338 e. The summed E-state index contributed by atoms with van der Waals surface area (Å²) in [6.45, 7) is 3.99. The Hall–Kier alpha value is -3.84. The van der Waals surface area contributed by atoms with Gasteiger partial charge in [-0.25, -0.2) is 4.79 Å². The van der Waals surface area contributed by atoms with Crippen molar-refractivity contribution in [1.29, 1.82) is 10.5 Å². The second-order valence-corrected chi connectivity index (χ2v) is 5.55. The number of nitrogens with one attached hydrogen (secondary N) is 2. The lowest BCUT2D eigenvalue weighted by Crippen LogP contribution is -2.10. The maximum Gasteiger partial charge on any atom is 0.338 e. The van der Waals surface area contributed by atoms with Crippen LogP contribution in [0.15, 0.2) is 53.6 Å². The fourth-order valence-corrected chi connectivity index (χ4v) is 2.35. The lowest BCUT2D eigenvalue weighted by molar-refractivity contribution is 0.0526. The monoisotopic (exact) mass is 361 g/mol. The molecule has 0 saturated heterocycles. The Bertz CT molecular complexity index is 894. The molecule has 1 atom stereocenters. The third-order valence-electron chi connectivity index (χ3n) is 3.70. The molecule has 0 heterocycles. The number of nitrogens with zero attached hydrogens (tertiary/aromatic N) is 3. The molecule has 0 aromatic heterocycles. The lowest BCUT2D eigenvalue weighted by atomic mass is 10.1. The van der Waals surface area contributed by atoms with Gasteiger partial charge >= 0.3 is 5.97 Å². The second-order valence-electron chi connectivity index (χ2n) is 5.55. The van der Waals surface area contributed by atoms with Crippen molar-refractivity contribution in [3.05, 3.63) is 59.7 Å². The van der Waals surface area contributed by atoms with Crippen LogP contribution in [0, 0.1) is 22.7 Å². The number of ether oxygens (including phenoxy) is 1. The van der Waals surface area contributed by atoms with Gasteiger partial charge in [-0.05, 0) is 37.6 Å². The Morgan fingerprint density at radius 3 is 2.48 bits per heavy atom. The summed E-state index contributed by atoms with van der Waals surface area (Å²) in [5.74, 6) is -0.465. The number of hydrogen-bond acceptors (Lipinski definition) is 7. The summed E-state index contributed by atoms with van der Waals surface area (Å²) in [5.41, 5.74) is 4.89. The van der Waals surface area contributed by atoms with E-state index in [0.29, 0.717) is 16.9 Å². The van der Waals surface area contributed by atoms with Gasteiger partial charge in [0.2, 0.25) is 5.71 Å². The maximum absolute atomic E-state index is 12.0. The van der Waals surface area contributed by atoms with Gasteiger partial charge in [0.25, 0.3) is 0 Å². The minimum atomic E-state index is -0.465. The Kier molecular flexibility index (Phi) is 6.92. The summed E-state index contributed by atoms with van der Waals surface area (Å²) in [4.78, 5) is 12.0. The molecule has 0 radical (unpaired) electrons. The quantitative estimate of drug-likeness (QED) is 0.440. The van der Waals surface area contributed by atoms with E-state index in [-0.39, 0.29) is 18.4 Å². The highest BCUT2D eigenvalue weighted by molar-refractivity contribution is 6.10. The van der Waals surface area contributed by atoms with Crippen molar-refractivity contribution in [1.82, 2.24) is 0 Å². The summed E-state index contributed by atoms with van der Waals surface area (Å²) in [7, 11) is 0. The molecule has 0 amide bonds. The van der Waals surface area contributed by atoms with Gasteiger partial charge in [0.1, 0.15) is 12.1 Å². The minimum Gasteiger partial charge on any atom is -0.462 e. The van der Waals surface area contributed by atoms with E-state index in [2.05, 4.69) is 15.8 Å². The first-order valence-corrected chi connectivity index (χ1v) is 8.35. The van der Waals surface area contributed by atoms with Crippen molar-refractivity contribution >= 4 is 23.1 Å². The number of carbonyl (C=O) groups is 1. The minimum absolute atomic E-state index is 0.0180. The average molecular weight is 361 g/mol. The summed E-state index contributed by atoms with van der Waals surface area (Å²) < 4.78 is 5.01. The molecule has 0 saturated carbocycles. The second kappa shape index (κ2) is 9.59. The van der Waals surface area contributed by atoms with Crippen LogP contribution >= 0.6 is 0 Å². The number of benzene rings is 2. The molecule has 2 aromatic rings. The highest BCUT2D eigenvalue weighted by Gasteiger charge is 2.13. The van der Waals surface area contributed by atoms with Crippen molar-refractivity contribution in [3.8, 4) is 12.1 Å². The average Bonchev–Trinajstić information content (AvgIpc) is 2.70. The molecule has 2 N–H and O–H groups in total. The first kappa shape index (κ1) is 19.5. The number of hydrogen-bond donors (Lipinski definition) is 2. The molecule has 0 aliphatic carbocycles. The van der Waals surface area contributed by atoms with Gasteiger partial charge in [-0.15, -0.1) is 0 Å². The summed E-state index contributed by atoms with van der Waals surface area (Å²) in [6.07, 6.45) is 0. The molecule has 0 aliphatic rings. The van der Waals surface area contributed by atoms with Gasteiger partial charge in [-0.1, -0.05) is 30.3 Å².